The summed E-state index contributed by atoms with van der Waals surface area (Å²) in [7, 11) is 0. The number of carbonyl (C=O) groups is 1. The van der Waals surface area contributed by atoms with Crippen LogP contribution in [0.2, 0.25) is 0 Å². The van der Waals surface area contributed by atoms with Gasteiger partial charge in [0.25, 0.3) is 0 Å². The Bertz CT molecular complexity index is 343. The molecule has 0 atom stereocenters. The molecule has 1 aliphatic carbocycles. The minimum absolute atomic E-state index is 0.0421. The SMILES string of the molecule is O=C(OOc1ccc(Br)cc1)C1CCC1. The molecule has 0 unspecified atom stereocenters. The third-order valence-electron chi connectivity index (χ3n) is 2.47. The lowest BCUT2D eigenvalue weighted by Gasteiger charge is -2.21. The third-order valence-corrected chi connectivity index (χ3v) is 3.00. The standard InChI is InChI=1S/C11H11BrO3/c12-9-4-6-10(7-5-9)14-15-11(13)8-2-1-3-8/h4-8H,1-3H2. The third kappa shape index (κ3) is 2.72. The minimum Gasteiger partial charge on any atom is -0.287 e. The van der Waals surface area contributed by atoms with E-state index in [1.165, 1.54) is 0 Å². The van der Waals surface area contributed by atoms with Crippen molar-refractivity contribution >= 4 is 21.9 Å². The number of rotatable bonds is 3. The van der Waals surface area contributed by atoms with Crippen LogP contribution in [0, 0.1) is 5.92 Å². The molecule has 1 saturated carbocycles. The molecular formula is C11H11BrO3. The predicted octanol–water partition coefficient (Wildman–Crippen LogP) is 3.09. The molecule has 3 nitrogen and oxygen atoms in total. The van der Waals surface area contributed by atoms with Gasteiger partial charge in [-0.3, -0.25) is 9.78 Å². The van der Waals surface area contributed by atoms with E-state index < -0.39 is 0 Å². The summed E-state index contributed by atoms with van der Waals surface area (Å²) in [6.07, 6.45) is 2.95. The van der Waals surface area contributed by atoms with Gasteiger partial charge in [0.1, 0.15) is 0 Å². The van der Waals surface area contributed by atoms with Gasteiger partial charge >= 0.3 is 5.97 Å². The molecule has 1 fully saturated rings. The summed E-state index contributed by atoms with van der Waals surface area (Å²) in [6, 6.07) is 7.12. The van der Waals surface area contributed by atoms with E-state index in [0.29, 0.717) is 5.75 Å². The van der Waals surface area contributed by atoms with Gasteiger partial charge in [0.2, 0.25) is 0 Å². The zero-order valence-electron chi connectivity index (χ0n) is 8.11. The summed E-state index contributed by atoms with van der Waals surface area (Å²) in [5, 5.41) is 0. The Morgan fingerprint density at radius 2 is 1.93 bits per heavy atom. The second-order valence-corrected chi connectivity index (χ2v) is 4.48. The van der Waals surface area contributed by atoms with Crippen molar-refractivity contribution in [1.82, 2.24) is 0 Å². The molecule has 80 valence electrons. The number of benzene rings is 1. The maximum absolute atomic E-state index is 11.3. The van der Waals surface area contributed by atoms with Crippen LogP contribution in [0.25, 0.3) is 0 Å². The molecule has 4 heteroatoms. The number of hydrogen-bond acceptors (Lipinski definition) is 3. The van der Waals surface area contributed by atoms with Gasteiger partial charge < -0.3 is 0 Å². The van der Waals surface area contributed by atoms with Crippen molar-refractivity contribution in [2.75, 3.05) is 0 Å². The van der Waals surface area contributed by atoms with E-state index in [-0.39, 0.29) is 11.9 Å². The molecule has 0 radical (unpaired) electrons. The highest BCUT2D eigenvalue weighted by atomic mass is 79.9. The first kappa shape index (κ1) is 10.5. The molecule has 0 spiro atoms. The molecule has 15 heavy (non-hydrogen) atoms. The van der Waals surface area contributed by atoms with Crippen molar-refractivity contribution in [2.24, 2.45) is 5.92 Å². The van der Waals surface area contributed by atoms with Crippen LogP contribution in [0.3, 0.4) is 0 Å². The Balaban J connectivity index is 1.82. The van der Waals surface area contributed by atoms with Crippen LogP contribution >= 0.6 is 15.9 Å². The van der Waals surface area contributed by atoms with Crippen LogP contribution < -0.4 is 4.89 Å². The Morgan fingerprint density at radius 1 is 1.27 bits per heavy atom. The fraction of sp³-hybridized carbons (Fsp3) is 0.364. The van der Waals surface area contributed by atoms with E-state index in [1.54, 1.807) is 12.1 Å². The number of hydrogen-bond donors (Lipinski definition) is 0. The fourth-order valence-electron chi connectivity index (χ4n) is 1.29. The maximum Gasteiger partial charge on any atom is 0.358 e. The quantitative estimate of drug-likeness (QED) is 0.626. The molecule has 0 heterocycles. The highest BCUT2D eigenvalue weighted by molar-refractivity contribution is 9.10. The number of carbonyl (C=O) groups excluding carboxylic acids is 1. The van der Waals surface area contributed by atoms with Crippen molar-refractivity contribution in [2.45, 2.75) is 19.3 Å². The monoisotopic (exact) mass is 270 g/mol. The second kappa shape index (κ2) is 4.66. The van der Waals surface area contributed by atoms with E-state index in [4.69, 9.17) is 9.78 Å². The normalized spacial score (nSPS) is 15.5. The summed E-state index contributed by atoms with van der Waals surface area (Å²) in [5.74, 6) is 0.315. The van der Waals surface area contributed by atoms with Crippen LogP contribution in [0.15, 0.2) is 28.7 Å². The van der Waals surface area contributed by atoms with Crippen molar-refractivity contribution in [3.8, 4) is 5.75 Å². The average molecular weight is 271 g/mol. The van der Waals surface area contributed by atoms with Gasteiger partial charge in [-0.2, -0.15) is 0 Å². The molecule has 1 aliphatic rings. The second-order valence-electron chi connectivity index (χ2n) is 3.57. The Hall–Kier alpha value is -1.03. The van der Waals surface area contributed by atoms with Crippen molar-refractivity contribution in [3.05, 3.63) is 28.7 Å². The van der Waals surface area contributed by atoms with Crippen molar-refractivity contribution in [1.29, 1.82) is 0 Å². The first-order valence-electron chi connectivity index (χ1n) is 4.89. The van der Waals surface area contributed by atoms with E-state index in [1.807, 2.05) is 12.1 Å². The Kier molecular flexibility index (Phi) is 3.26. The van der Waals surface area contributed by atoms with Crippen LogP contribution in [0.1, 0.15) is 19.3 Å². The van der Waals surface area contributed by atoms with Crippen LogP contribution in [0.4, 0.5) is 0 Å². The Morgan fingerprint density at radius 3 is 2.47 bits per heavy atom. The zero-order chi connectivity index (χ0) is 10.7. The molecule has 1 aromatic rings. The van der Waals surface area contributed by atoms with Gasteiger partial charge in [0, 0.05) is 4.47 Å². The van der Waals surface area contributed by atoms with Crippen LogP contribution in [-0.4, -0.2) is 5.97 Å². The molecule has 0 saturated heterocycles. The van der Waals surface area contributed by atoms with E-state index >= 15 is 0 Å². The summed E-state index contributed by atoms with van der Waals surface area (Å²) in [4.78, 5) is 20.9. The Labute approximate surface area is 96.4 Å². The lowest BCUT2D eigenvalue weighted by molar-refractivity contribution is -0.221. The summed E-state index contributed by atoms with van der Waals surface area (Å²) in [5.41, 5.74) is 0. The molecule has 0 amide bonds. The van der Waals surface area contributed by atoms with Crippen molar-refractivity contribution in [3.63, 3.8) is 0 Å². The van der Waals surface area contributed by atoms with Gasteiger partial charge in [-0.1, -0.05) is 22.4 Å². The van der Waals surface area contributed by atoms with Crippen molar-refractivity contribution < 1.29 is 14.6 Å². The van der Waals surface area contributed by atoms with E-state index in [9.17, 15) is 4.79 Å². The van der Waals surface area contributed by atoms with Crippen LogP contribution in [-0.2, 0) is 9.68 Å². The average Bonchev–Trinajstić information content (AvgIpc) is 2.14. The molecule has 2 rings (SSSR count). The molecule has 0 bridgehead atoms. The zero-order valence-corrected chi connectivity index (χ0v) is 9.70. The summed E-state index contributed by atoms with van der Waals surface area (Å²) >= 11 is 3.31. The maximum atomic E-state index is 11.3. The highest BCUT2D eigenvalue weighted by Crippen LogP contribution is 2.27. The van der Waals surface area contributed by atoms with Gasteiger partial charge in [-0.25, -0.2) is 4.79 Å². The molecule has 1 aromatic carbocycles. The first-order valence-corrected chi connectivity index (χ1v) is 5.69. The summed E-state index contributed by atoms with van der Waals surface area (Å²) < 4.78 is 0.958. The van der Waals surface area contributed by atoms with Gasteiger partial charge in [-0.15, -0.1) is 0 Å². The van der Waals surface area contributed by atoms with E-state index in [2.05, 4.69) is 15.9 Å². The fourth-order valence-corrected chi connectivity index (χ4v) is 1.56. The topological polar surface area (TPSA) is 35.5 Å². The smallest absolute Gasteiger partial charge is 0.287 e. The molecule has 0 N–H and O–H groups in total. The lowest BCUT2D eigenvalue weighted by Crippen LogP contribution is -2.25. The molecule has 0 aromatic heterocycles. The largest absolute Gasteiger partial charge is 0.358 e. The molecule has 0 aliphatic heterocycles. The summed E-state index contributed by atoms with van der Waals surface area (Å²) in [6.45, 7) is 0. The van der Waals surface area contributed by atoms with Gasteiger partial charge in [0.15, 0.2) is 5.75 Å². The van der Waals surface area contributed by atoms with Crippen LogP contribution in [0.5, 0.6) is 5.75 Å². The lowest BCUT2D eigenvalue weighted by atomic mass is 9.86. The first-order chi connectivity index (χ1) is 7.25. The number of halogens is 1. The predicted molar refractivity (Wildman–Crippen MR) is 58.2 cm³/mol. The van der Waals surface area contributed by atoms with Gasteiger partial charge in [-0.05, 0) is 37.1 Å². The highest BCUT2D eigenvalue weighted by Gasteiger charge is 2.28. The van der Waals surface area contributed by atoms with E-state index in [0.717, 1.165) is 23.7 Å². The minimum atomic E-state index is -0.260. The van der Waals surface area contributed by atoms with Gasteiger partial charge in [0.05, 0.1) is 5.92 Å². The molecular weight excluding hydrogens is 260 g/mol.